The van der Waals surface area contributed by atoms with E-state index in [2.05, 4.69) is 10.9 Å². The molecule has 0 aliphatic heterocycles. The van der Waals surface area contributed by atoms with Gasteiger partial charge in [0.25, 0.3) is 5.91 Å². The molecule has 1 aliphatic rings. The fourth-order valence-electron chi connectivity index (χ4n) is 1.93. The van der Waals surface area contributed by atoms with Gasteiger partial charge >= 0.3 is 5.76 Å². The van der Waals surface area contributed by atoms with Crippen LogP contribution in [0.2, 0.25) is 0 Å². The molecule has 7 nitrogen and oxygen atoms in total. The summed E-state index contributed by atoms with van der Waals surface area (Å²) in [4.78, 5) is 34.8. The Morgan fingerprint density at radius 3 is 2.75 bits per heavy atom. The molecule has 1 saturated carbocycles. The number of carbonyl (C=O) groups is 2. The Hall–Kier alpha value is -2.57. The normalized spacial score (nSPS) is 14.2. The second-order valence-electron chi connectivity index (χ2n) is 4.73. The lowest BCUT2D eigenvalue weighted by molar-refractivity contribution is -0.129. The lowest BCUT2D eigenvalue weighted by atomic mass is 10.3. The van der Waals surface area contributed by atoms with E-state index in [1.165, 1.54) is 4.57 Å². The quantitative estimate of drug-likeness (QED) is 0.780. The maximum Gasteiger partial charge on any atom is 0.420 e. The molecule has 0 saturated heterocycles. The summed E-state index contributed by atoms with van der Waals surface area (Å²) in [6.45, 7) is -0.208. The molecule has 1 aromatic carbocycles. The van der Waals surface area contributed by atoms with Crippen LogP contribution in [0.15, 0.2) is 33.5 Å². The Kier molecular flexibility index (Phi) is 3.02. The number of hydrazine groups is 1. The van der Waals surface area contributed by atoms with Crippen molar-refractivity contribution in [3.63, 3.8) is 0 Å². The highest BCUT2D eigenvalue weighted by atomic mass is 16.4. The van der Waals surface area contributed by atoms with Gasteiger partial charge < -0.3 is 4.42 Å². The van der Waals surface area contributed by atoms with Crippen molar-refractivity contribution in [3.8, 4) is 0 Å². The van der Waals surface area contributed by atoms with Crippen molar-refractivity contribution in [1.29, 1.82) is 0 Å². The molecule has 2 amide bonds. The summed E-state index contributed by atoms with van der Waals surface area (Å²) in [6.07, 6.45) is 1.71. The third-order valence-electron chi connectivity index (χ3n) is 3.15. The van der Waals surface area contributed by atoms with Gasteiger partial charge in [0, 0.05) is 5.92 Å². The highest BCUT2D eigenvalue weighted by molar-refractivity contribution is 5.85. The summed E-state index contributed by atoms with van der Waals surface area (Å²) in [5.74, 6) is -1.27. The number of hydrogen-bond acceptors (Lipinski definition) is 4. The zero-order chi connectivity index (χ0) is 14.1. The highest BCUT2D eigenvalue weighted by Crippen LogP contribution is 2.28. The minimum absolute atomic E-state index is 0.00720. The molecule has 1 aliphatic carbocycles. The van der Waals surface area contributed by atoms with Gasteiger partial charge in [-0.25, -0.2) is 4.79 Å². The Morgan fingerprint density at radius 1 is 1.25 bits per heavy atom. The first-order valence-electron chi connectivity index (χ1n) is 6.32. The van der Waals surface area contributed by atoms with Gasteiger partial charge in [-0.2, -0.15) is 0 Å². The zero-order valence-corrected chi connectivity index (χ0v) is 10.6. The van der Waals surface area contributed by atoms with Gasteiger partial charge in [0.05, 0.1) is 5.52 Å². The molecule has 3 rings (SSSR count). The van der Waals surface area contributed by atoms with Crippen LogP contribution in [0.4, 0.5) is 0 Å². The molecular formula is C13H13N3O4. The molecule has 7 heteroatoms. The highest BCUT2D eigenvalue weighted by Gasteiger charge is 2.29. The fourth-order valence-corrected chi connectivity index (χ4v) is 1.93. The van der Waals surface area contributed by atoms with Crippen LogP contribution in [0.1, 0.15) is 12.8 Å². The van der Waals surface area contributed by atoms with E-state index in [4.69, 9.17) is 4.42 Å². The van der Waals surface area contributed by atoms with Crippen molar-refractivity contribution in [1.82, 2.24) is 15.4 Å². The minimum atomic E-state index is -0.602. The molecule has 2 N–H and O–H groups in total. The second kappa shape index (κ2) is 4.84. The summed E-state index contributed by atoms with van der Waals surface area (Å²) in [5.41, 5.74) is 5.60. The summed E-state index contributed by atoms with van der Waals surface area (Å²) in [6, 6.07) is 6.84. The number of nitrogens with one attached hydrogen (secondary N) is 2. The van der Waals surface area contributed by atoms with E-state index in [9.17, 15) is 14.4 Å². The van der Waals surface area contributed by atoms with Gasteiger partial charge in [-0.05, 0) is 25.0 Å². The lowest BCUT2D eigenvalue weighted by Gasteiger charge is -2.06. The number of para-hydroxylation sites is 2. The van der Waals surface area contributed by atoms with Crippen LogP contribution >= 0.6 is 0 Å². The molecule has 20 heavy (non-hydrogen) atoms. The molecule has 0 radical (unpaired) electrons. The number of aromatic nitrogens is 1. The summed E-state index contributed by atoms with van der Waals surface area (Å²) >= 11 is 0. The molecule has 2 aromatic rings. The van der Waals surface area contributed by atoms with E-state index in [1.54, 1.807) is 24.3 Å². The number of amides is 2. The second-order valence-corrected chi connectivity index (χ2v) is 4.73. The molecule has 0 unspecified atom stereocenters. The Morgan fingerprint density at radius 2 is 2.00 bits per heavy atom. The average Bonchev–Trinajstić information content (AvgIpc) is 3.23. The van der Waals surface area contributed by atoms with Crippen molar-refractivity contribution in [3.05, 3.63) is 34.8 Å². The van der Waals surface area contributed by atoms with Crippen LogP contribution in [0, 0.1) is 5.92 Å². The van der Waals surface area contributed by atoms with E-state index in [0.717, 1.165) is 12.8 Å². The topological polar surface area (TPSA) is 93.3 Å². The van der Waals surface area contributed by atoms with Crippen LogP contribution in [0.5, 0.6) is 0 Å². The predicted molar refractivity (Wildman–Crippen MR) is 69.5 cm³/mol. The zero-order valence-electron chi connectivity index (χ0n) is 10.6. The molecular weight excluding hydrogens is 262 g/mol. The summed E-state index contributed by atoms with van der Waals surface area (Å²) < 4.78 is 6.23. The molecule has 1 fully saturated rings. The number of fused-ring (bicyclic) bond motifs is 1. The van der Waals surface area contributed by atoms with Crippen LogP contribution in [-0.2, 0) is 16.1 Å². The first kappa shape index (κ1) is 12.5. The molecule has 0 spiro atoms. The average molecular weight is 275 g/mol. The first-order valence-corrected chi connectivity index (χ1v) is 6.32. The fraction of sp³-hybridized carbons (Fsp3) is 0.308. The van der Waals surface area contributed by atoms with Crippen molar-refractivity contribution in [2.45, 2.75) is 19.4 Å². The third kappa shape index (κ3) is 2.42. The van der Waals surface area contributed by atoms with Crippen LogP contribution in [0.3, 0.4) is 0 Å². The Balaban J connectivity index is 1.69. The van der Waals surface area contributed by atoms with E-state index in [-0.39, 0.29) is 18.4 Å². The van der Waals surface area contributed by atoms with Gasteiger partial charge in [0.1, 0.15) is 6.54 Å². The third-order valence-corrected chi connectivity index (χ3v) is 3.15. The smallest absolute Gasteiger partial charge is 0.408 e. The minimum Gasteiger partial charge on any atom is -0.408 e. The van der Waals surface area contributed by atoms with Gasteiger partial charge in [-0.1, -0.05) is 12.1 Å². The van der Waals surface area contributed by atoms with Crippen molar-refractivity contribution >= 4 is 22.9 Å². The van der Waals surface area contributed by atoms with Gasteiger partial charge in [0.15, 0.2) is 5.58 Å². The molecule has 0 bridgehead atoms. The maximum absolute atomic E-state index is 11.7. The van der Waals surface area contributed by atoms with Gasteiger partial charge in [0.2, 0.25) is 5.91 Å². The molecule has 1 heterocycles. The summed E-state index contributed by atoms with van der Waals surface area (Å²) in [7, 11) is 0. The van der Waals surface area contributed by atoms with Crippen molar-refractivity contribution in [2.75, 3.05) is 0 Å². The van der Waals surface area contributed by atoms with Gasteiger partial charge in [-0.15, -0.1) is 0 Å². The number of nitrogens with zero attached hydrogens (tertiary/aromatic N) is 1. The number of rotatable bonds is 3. The first-order chi connectivity index (χ1) is 9.65. The Bertz CT molecular complexity index is 727. The van der Waals surface area contributed by atoms with Gasteiger partial charge in [-0.3, -0.25) is 25.0 Å². The lowest BCUT2D eigenvalue weighted by Crippen LogP contribution is -2.44. The number of hydrogen-bond donors (Lipinski definition) is 2. The van der Waals surface area contributed by atoms with E-state index < -0.39 is 11.7 Å². The van der Waals surface area contributed by atoms with E-state index >= 15 is 0 Å². The van der Waals surface area contributed by atoms with Crippen molar-refractivity contribution < 1.29 is 14.0 Å². The SMILES string of the molecule is O=C(Cn1c(=O)oc2ccccc21)NNC(=O)C1CC1. The predicted octanol–water partition coefficient (Wildman–Crippen LogP) is 0.152. The molecule has 104 valence electrons. The number of oxazole rings is 1. The van der Waals surface area contributed by atoms with Crippen LogP contribution < -0.4 is 16.6 Å². The number of benzene rings is 1. The van der Waals surface area contributed by atoms with Crippen LogP contribution in [-0.4, -0.2) is 16.4 Å². The van der Waals surface area contributed by atoms with Crippen molar-refractivity contribution in [2.24, 2.45) is 5.92 Å². The van der Waals surface area contributed by atoms with Crippen LogP contribution in [0.25, 0.3) is 11.1 Å². The molecule has 0 atom stereocenters. The van der Waals surface area contributed by atoms with E-state index in [1.807, 2.05) is 0 Å². The molecule has 1 aromatic heterocycles. The number of carbonyl (C=O) groups excluding carboxylic acids is 2. The standard InChI is InChI=1S/C13H13N3O4/c17-11(14-15-12(18)8-5-6-8)7-16-9-3-1-2-4-10(9)20-13(16)19/h1-4,8H,5-7H2,(H,14,17)(H,15,18). The summed E-state index contributed by atoms with van der Waals surface area (Å²) in [5, 5.41) is 0. The largest absolute Gasteiger partial charge is 0.420 e. The maximum atomic E-state index is 11.7. The van der Waals surface area contributed by atoms with E-state index in [0.29, 0.717) is 11.1 Å². The Labute approximate surface area is 113 Å². The monoisotopic (exact) mass is 275 g/mol.